The van der Waals surface area contributed by atoms with E-state index in [0.29, 0.717) is 11.3 Å². The van der Waals surface area contributed by atoms with Gasteiger partial charge in [-0.15, -0.1) is 13.2 Å². The Hall–Kier alpha value is -3.88. The number of carbonyl (C=O) groups is 1. The first kappa shape index (κ1) is 20.4. The van der Waals surface area contributed by atoms with Gasteiger partial charge in [-0.05, 0) is 29.8 Å². The average Bonchev–Trinajstić information content (AvgIpc) is 2.67. The lowest BCUT2D eigenvalue weighted by Crippen LogP contribution is -2.40. The summed E-state index contributed by atoms with van der Waals surface area (Å²) in [5, 5.41) is 8.61. The van der Waals surface area contributed by atoms with Crippen LogP contribution in [0.3, 0.4) is 0 Å². The summed E-state index contributed by atoms with van der Waals surface area (Å²) in [5.41, 5.74) is 5.33. The Morgan fingerprint density at radius 3 is 2.32 bits per heavy atom. The first-order valence-electron chi connectivity index (χ1n) is 8.22. The molecule has 9 heteroatoms. The lowest BCUT2D eigenvalue weighted by Gasteiger charge is -2.12. The van der Waals surface area contributed by atoms with Gasteiger partial charge < -0.3 is 15.6 Å². The summed E-state index contributed by atoms with van der Waals surface area (Å²) in [7, 11) is 0. The zero-order valence-electron chi connectivity index (χ0n) is 15.1. The minimum Gasteiger partial charge on any atom is -0.482 e. The molecule has 2 aromatic rings. The van der Waals surface area contributed by atoms with E-state index in [9.17, 15) is 14.4 Å². The molecule has 146 valence electrons. The Kier molecular flexibility index (Phi) is 6.69. The third-order valence-corrected chi connectivity index (χ3v) is 3.65. The fraction of sp³-hybridized carbons (Fsp3) is 0.158. The summed E-state index contributed by atoms with van der Waals surface area (Å²) < 4.78 is 7.24. The molecule has 3 N–H and O–H groups in total. The van der Waals surface area contributed by atoms with Crippen LogP contribution >= 0.6 is 0 Å². The van der Waals surface area contributed by atoms with Crippen molar-refractivity contribution in [1.82, 2.24) is 9.13 Å². The molecule has 0 fully saturated rings. The van der Waals surface area contributed by atoms with Crippen LogP contribution in [0.15, 0.2) is 64.2 Å². The molecule has 0 unspecified atom stereocenters. The van der Waals surface area contributed by atoms with Crippen LogP contribution in [0.1, 0.15) is 5.56 Å². The van der Waals surface area contributed by atoms with E-state index in [4.69, 9.17) is 15.6 Å². The zero-order chi connectivity index (χ0) is 20.7. The minimum atomic E-state index is -1.08. The van der Waals surface area contributed by atoms with Crippen LogP contribution in [0.25, 0.3) is 0 Å². The number of carboxylic acid groups (broad SMARTS) is 1. The SMILES string of the molecule is C=CCn1c(N)c(N=Cc2ccc(OCC(=O)O)cc2)c(=O)n(CC=C)c1=O. The number of anilines is 1. The number of allylic oxidation sites excluding steroid dienone is 2. The molecule has 1 aromatic carbocycles. The van der Waals surface area contributed by atoms with E-state index in [1.807, 2.05) is 0 Å². The third-order valence-electron chi connectivity index (χ3n) is 3.65. The largest absolute Gasteiger partial charge is 0.482 e. The number of aliphatic carboxylic acids is 1. The number of hydrogen-bond acceptors (Lipinski definition) is 6. The summed E-state index contributed by atoms with van der Waals surface area (Å²) in [6, 6.07) is 6.42. The lowest BCUT2D eigenvalue weighted by molar-refractivity contribution is -0.139. The number of nitrogens with zero attached hydrogens (tertiary/aromatic N) is 3. The van der Waals surface area contributed by atoms with Crippen LogP contribution in [-0.4, -0.2) is 33.0 Å². The highest BCUT2D eigenvalue weighted by Crippen LogP contribution is 2.16. The second-order valence-corrected chi connectivity index (χ2v) is 5.63. The number of aliphatic imine (C=N–C) groups is 1. The maximum Gasteiger partial charge on any atom is 0.341 e. The minimum absolute atomic E-state index is 0.0211. The summed E-state index contributed by atoms with van der Waals surface area (Å²) in [4.78, 5) is 39.7. The van der Waals surface area contributed by atoms with E-state index in [2.05, 4.69) is 18.2 Å². The van der Waals surface area contributed by atoms with Crippen LogP contribution in [0.5, 0.6) is 5.75 Å². The molecule has 28 heavy (non-hydrogen) atoms. The van der Waals surface area contributed by atoms with Gasteiger partial charge in [0.2, 0.25) is 0 Å². The predicted octanol–water partition coefficient (Wildman–Crippen LogP) is 1.18. The van der Waals surface area contributed by atoms with Gasteiger partial charge in [-0.3, -0.25) is 13.9 Å². The number of ether oxygens (including phenoxy) is 1. The maximum atomic E-state index is 12.6. The number of nitrogen functional groups attached to an aromatic ring is 1. The van der Waals surface area contributed by atoms with Crippen molar-refractivity contribution in [2.75, 3.05) is 12.3 Å². The highest BCUT2D eigenvalue weighted by atomic mass is 16.5. The second-order valence-electron chi connectivity index (χ2n) is 5.63. The van der Waals surface area contributed by atoms with Gasteiger partial charge in [0, 0.05) is 19.3 Å². The van der Waals surface area contributed by atoms with Crippen molar-refractivity contribution in [2.45, 2.75) is 13.1 Å². The highest BCUT2D eigenvalue weighted by molar-refractivity contribution is 5.83. The molecule has 0 spiro atoms. The smallest absolute Gasteiger partial charge is 0.341 e. The van der Waals surface area contributed by atoms with Crippen LogP contribution in [0.4, 0.5) is 11.5 Å². The van der Waals surface area contributed by atoms with Gasteiger partial charge in [0.25, 0.3) is 5.56 Å². The molecule has 0 radical (unpaired) electrons. The lowest BCUT2D eigenvalue weighted by atomic mass is 10.2. The van der Waals surface area contributed by atoms with Crippen molar-refractivity contribution in [3.8, 4) is 5.75 Å². The molecule has 1 heterocycles. The highest BCUT2D eigenvalue weighted by Gasteiger charge is 2.15. The summed E-state index contributed by atoms with van der Waals surface area (Å²) in [5.74, 6) is -0.758. The first-order chi connectivity index (χ1) is 13.4. The third kappa shape index (κ3) is 4.64. The molecule has 0 saturated heterocycles. The molecule has 0 atom stereocenters. The van der Waals surface area contributed by atoms with E-state index in [1.54, 1.807) is 24.3 Å². The Morgan fingerprint density at radius 2 is 1.75 bits per heavy atom. The van der Waals surface area contributed by atoms with E-state index < -0.39 is 23.8 Å². The monoisotopic (exact) mass is 384 g/mol. The predicted molar refractivity (Wildman–Crippen MR) is 107 cm³/mol. The average molecular weight is 384 g/mol. The molecule has 0 bridgehead atoms. The van der Waals surface area contributed by atoms with Gasteiger partial charge in [0.05, 0.1) is 0 Å². The van der Waals surface area contributed by atoms with Crippen molar-refractivity contribution in [2.24, 2.45) is 4.99 Å². The standard InChI is InChI=1S/C19H20N4O5/c1-3-9-22-17(20)16(18(26)23(10-4-2)19(22)27)21-11-13-5-7-14(8-6-13)28-12-15(24)25/h3-8,11H,1-2,9-10,12,20H2,(H,24,25). The second kappa shape index (κ2) is 9.17. The topological polar surface area (TPSA) is 129 Å². The first-order valence-corrected chi connectivity index (χ1v) is 8.22. The van der Waals surface area contributed by atoms with E-state index in [0.717, 1.165) is 4.57 Å². The van der Waals surface area contributed by atoms with E-state index in [1.165, 1.54) is 22.9 Å². The molecule has 1 aromatic heterocycles. The molecular weight excluding hydrogens is 364 g/mol. The van der Waals surface area contributed by atoms with Gasteiger partial charge in [-0.1, -0.05) is 12.2 Å². The number of nitrogens with two attached hydrogens (primary N) is 1. The molecule has 0 amide bonds. The number of benzene rings is 1. The van der Waals surface area contributed by atoms with E-state index >= 15 is 0 Å². The zero-order valence-corrected chi connectivity index (χ0v) is 15.1. The Labute approximate surface area is 160 Å². The van der Waals surface area contributed by atoms with Crippen molar-refractivity contribution in [1.29, 1.82) is 0 Å². The van der Waals surface area contributed by atoms with Gasteiger partial charge in [0.1, 0.15) is 11.6 Å². The van der Waals surface area contributed by atoms with Crippen LogP contribution < -0.4 is 21.7 Å². The Morgan fingerprint density at radius 1 is 1.14 bits per heavy atom. The van der Waals surface area contributed by atoms with Crippen LogP contribution in [0, 0.1) is 0 Å². The summed E-state index contributed by atoms with van der Waals surface area (Å²) in [6.07, 6.45) is 4.33. The van der Waals surface area contributed by atoms with Gasteiger partial charge in [-0.25, -0.2) is 14.6 Å². The molecule has 0 aliphatic rings. The van der Waals surface area contributed by atoms with Gasteiger partial charge >= 0.3 is 11.7 Å². The molecular formula is C19H20N4O5. The van der Waals surface area contributed by atoms with E-state index in [-0.39, 0.29) is 24.6 Å². The van der Waals surface area contributed by atoms with Crippen molar-refractivity contribution < 1.29 is 14.6 Å². The van der Waals surface area contributed by atoms with Gasteiger partial charge in [0.15, 0.2) is 12.3 Å². The molecule has 0 saturated carbocycles. The fourth-order valence-electron chi connectivity index (χ4n) is 2.35. The van der Waals surface area contributed by atoms with Crippen LogP contribution in [-0.2, 0) is 17.9 Å². The maximum absolute atomic E-state index is 12.6. The van der Waals surface area contributed by atoms with Crippen molar-refractivity contribution in [3.05, 3.63) is 76.0 Å². The molecule has 0 aliphatic carbocycles. The summed E-state index contributed by atoms with van der Waals surface area (Å²) >= 11 is 0. The fourth-order valence-corrected chi connectivity index (χ4v) is 2.35. The molecule has 9 nitrogen and oxygen atoms in total. The number of rotatable bonds is 9. The normalized spacial score (nSPS) is 10.7. The Balaban J connectivity index is 2.40. The van der Waals surface area contributed by atoms with Crippen molar-refractivity contribution >= 4 is 23.7 Å². The quantitative estimate of drug-likeness (QED) is 0.493. The van der Waals surface area contributed by atoms with Gasteiger partial charge in [-0.2, -0.15) is 0 Å². The molecule has 2 rings (SSSR count). The Bertz CT molecular complexity index is 1030. The summed E-state index contributed by atoms with van der Waals surface area (Å²) in [6.45, 7) is 6.83. The van der Waals surface area contributed by atoms with Crippen molar-refractivity contribution in [3.63, 3.8) is 0 Å². The number of aromatic nitrogens is 2. The number of hydrogen-bond donors (Lipinski definition) is 2. The number of carboxylic acids is 1. The molecule has 0 aliphatic heterocycles. The van der Waals surface area contributed by atoms with Crippen LogP contribution in [0.2, 0.25) is 0 Å².